The van der Waals surface area contributed by atoms with E-state index in [2.05, 4.69) is 34.5 Å². The first kappa shape index (κ1) is 23.1. The normalized spacial score (nSPS) is 26.8. The van der Waals surface area contributed by atoms with Gasteiger partial charge in [0.15, 0.2) is 11.5 Å². The maximum Gasteiger partial charge on any atom is 0.223 e. The highest BCUT2D eigenvalue weighted by molar-refractivity contribution is 5.79. The van der Waals surface area contributed by atoms with Gasteiger partial charge >= 0.3 is 0 Å². The van der Waals surface area contributed by atoms with E-state index in [0.29, 0.717) is 13.0 Å². The summed E-state index contributed by atoms with van der Waals surface area (Å²) in [6.45, 7) is 2.55. The van der Waals surface area contributed by atoms with Gasteiger partial charge in [0.1, 0.15) is 0 Å². The van der Waals surface area contributed by atoms with E-state index in [1.807, 2.05) is 23.1 Å². The van der Waals surface area contributed by atoms with E-state index in [0.717, 1.165) is 44.0 Å². The summed E-state index contributed by atoms with van der Waals surface area (Å²) in [4.78, 5) is 17.3. The van der Waals surface area contributed by atoms with Crippen LogP contribution >= 0.6 is 0 Å². The average molecular weight is 468 g/mol. The van der Waals surface area contributed by atoms with Gasteiger partial charge in [0.2, 0.25) is 5.91 Å². The number of amides is 1. The summed E-state index contributed by atoms with van der Waals surface area (Å²) < 4.78 is 24.6. The molecule has 2 aromatic rings. The lowest BCUT2D eigenvalue weighted by molar-refractivity contribution is -0.132. The van der Waals surface area contributed by atoms with Gasteiger partial charge in [-0.05, 0) is 41.7 Å². The van der Waals surface area contributed by atoms with Gasteiger partial charge in [0, 0.05) is 50.6 Å². The third kappa shape index (κ3) is 4.39. The third-order valence-electron chi connectivity index (χ3n) is 7.75. The fourth-order valence-electron chi connectivity index (χ4n) is 5.95. The van der Waals surface area contributed by atoms with E-state index in [-0.39, 0.29) is 30.0 Å². The highest BCUT2D eigenvalue weighted by Gasteiger charge is 2.45. The standard InChI is InChI=1S/C27H34FN3O3/c1-33-25-11-20-8-9-30-17-24(31-16-19(14-28)10-27(31)32)22(29-15-18-6-4-3-5-7-18)13-23(30)21(20)12-26(25)34-2/h3-7,11-12,19,22-24,29H,8-10,13-17H2,1-2H3/t19?,22-,23-,24-/m0/s1. The van der Waals surface area contributed by atoms with Crippen LogP contribution in [0.25, 0.3) is 0 Å². The molecule has 2 saturated heterocycles. The molecule has 1 amide bonds. The molecule has 1 unspecified atom stereocenters. The number of nitrogens with zero attached hydrogens (tertiary/aromatic N) is 2. The first-order chi connectivity index (χ1) is 16.6. The molecule has 3 aliphatic heterocycles. The van der Waals surface area contributed by atoms with Crippen LogP contribution in [0.2, 0.25) is 0 Å². The molecule has 6 nitrogen and oxygen atoms in total. The summed E-state index contributed by atoms with van der Waals surface area (Å²) in [5.41, 5.74) is 3.80. The molecular formula is C27H34FN3O3. The van der Waals surface area contributed by atoms with Gasteiger partial charge in [-0.15, -0.1) is 0 Å². The van der Waals surface area contributed by atoms with Gasteiger partial charge in [-0.2, -0.15) is 0 Å². The highest BCUT2D eigenvalue weighted by atomic mass is 19.1. The molecule has 1 N–H and O–H groups in total. The lowest BCUT2D eigenvalue weighted by Gasteiger charge is -2.50. The average Bonchev–Trinajstić information content (AvgIpc) is 3.26. The molecule has 3 aliphatic rings. The van der Waals surface area contributed by atoms with Gasteiger partial charge < -0.3 is 19.7 Å². The Labute approximate surface area is 201 Å². The number of carbonyl (C=O) groups excluding carboxylic acids is 1. The van der Waals surface area contributed by atoms with E-state index in [1.165, 1.54) is 16.7 Å². The Balaban J connectivity index is 1.43. The number of ether oxygens (including phenoxy) is 2. The van der Waals surface area contributed by atoms with Crippen molar-refractivity contribution in [3.63, 3.8) is 0 Å². The Kier molecular flexibility index (Phi) is 6.75. The first-order valence-corrected chi connectivity index (χ1v) is 12.2. The minimum Gasteiger partial charge on any atom is -0.493 e. The Morgan fingerprint density at radius 2 is 1.85 bits per heavy atom. The number of carbonyl (C=O) groups is 1. The molecule has 34 heavy (non-hydrogen) atoms. The van der Waals surface area contributed by atoms with Crippen LogP contribution in [-0.2, 0) is 17.8 Å². The molecule has 0 radical (unpaired) electrons. The number of alkyl halides is 1. The van der Waals surface area contributed by atoms with Crippen molar-refractivity contribution in [1.82, 2.24) is 15.1 Å². The molecule has 5 rings (SSSR count). The number of halogens is 1. The molecule has 2 fully saturated rings. The zero-order valence-corrected chi connectivity index (χ0v) is 20.0. The number of methoxy groups -OCH3 is 2. The highest BCUT2D eigenvalue weighted by Crippen LogP contribution is 2.43. The molecule has 7 heteroatoms. The topological polar surface area (TPSA) is 54.0 Å². The second-order valence-electron chi connectivity index (χ2n) is 9.71. The van der Waals surface area contributed by atoms with Crippen LogP contribution in [0.1, 0.15) is 35.6 Å². The molecule has 4 atom stereocenters. The van der Waals surface area contributed by atoms with Gasteiger partial charge in [-0.1, -0.05) is 30.3 Å². The fraction of sp³-hybridized carbons (Fsp3) is 0.519. The predicted octanol–water partition coefficient (Wildman–Crippen LogP) is 3.35. The summed E-state index contributed by atoms with van der Waals surface area (Å²) in [6, 6.07) is 15.0. The Bertz CT molecular complexity index is 1020. The molecule has 3 heterocycles. The second kappa shape index (κ2) is 9.92. The third-order valence-corrected chi connectivity index (χ3v) is 7.75. The summed E-state index contributed by atoms with van der Waals surface area (Å²) in [5, 5.41) is 3.76. The van der Waals surface area contributed by atoms with Crippen LogP contribution in [-0.4, -0.2) is 68.3 Å². The molecular weight excluding hydrogens is 433 g/mol. The zero-order chi connectivity index (χ0) is 23.7. The SMILES string of the molecule is COc1cc2c(cc1OC)[C@@H]1C[C@H](NCc3ccccc3)[C@@H](N3CC(CF)CC3=O)CN1CC2. The summed E-state index contributed by atoms with van der Waals surface area (Å²) in [6.07, 6.45) is 2.13. The Morgan fingerprint density at radius 3 is 2.56 bits per heavy atom. The summed E-state index contributed by atoms with van der Waals surface area (Å²) in [5.74, 6) is 1.42. The van der Waals surface area contributed by atoms with Crippen molar-refractivity contribution >= 4 is 5.91 Å². The van der Waals surface area contributed by atoms with Gasteiger partial charge in [0.05, 0.1) is 26.9 Å². The van der Waals surface area contributed by atoms with Crippen molar-refractivity contribution in [3.05, 3.63) is 59.2 Å². The number of hydrogen-bond donors (Lipinski definition) is 1. The Morgan fingerprint density at radius 1 is 1.09 bits per heavy atom. The minimum absolute atomic E-state index is 0.0331. The minimum atomic E-state index is -0.432. The van der Waals surface area contributed by atoms with Crippen molar-refractivity contribution in [3.8, 4) is 11.5 Å². The summed E-state index contributed by atoms with van der Waals surface area (Å²) >= 11 is 0. The largest absolute Gasteiger partial charge is 0.493 e. The van der Waals surface area contributed by atoms with Crippen LogP contribution in [0.5, 0.6) is 11.5 Å². The smallest absolute Gasteiger partial charge is 0.223 e. The van der Waals surface area contributed by atoms with Crippen LogP contribution in [0.4, 0.5) is 4.39 Å². The van der Waals surface area contributed by atoms with E-state index in [9.17, 15) is 9.18 Å². The maximum absolute atomic E-state index is 13.4. The fourth-order valence-corrected chi connectivity index (χ4v) is 5.95. The number of nitrogens with one attached hydrogen (secondary N) is 1. The number of benzene rings is 2. The molecule has 0 aromatic heterocycles. The maximum atomic E-state index is 13.4. The van der Waals surface area contributed by atoms with Crippen molar-refractivity contribution in [2.75, 3.05) is 40.5 Å². The van der Waals surface area contributed by atoms with Crippen LogP contribution in [0.15, 0.2) is 42.5 Å². The lowest BCUT2D eigenvalue weighted by atomic mass is 9.82. The zero-order valence-electron chi connectivity index (χ0n) is 20.0. The molecule has 0 saturated carbocycles. The molecule has 0 bridgehead atoms. The molecule has 0 spiro atoms. The van der Waals surface area contributed by atoms with Gasteiger partial charge in [-0.3, -0.25) is 14.1 Å². The van der Waals surface area contributed by atoms with Crippen molar-refractivity contribution in [2.24, 2.45) is 5.92 Å². The van der Waals surface area contributed by atoms with Crippen LogP contribution < -0.4 is 14.8 Å². The quantitative estimate of drug-likeness (QED) is 0.677. The number of hydrogen-bond acceptors (Lipinski definition) is 5. The van der Waals surface area contributed by atoms with Crippen molar-refractivity contribution in [1.29, 1.82) is 0 Å². The number of rotatable bonds is 7. The number of fused-ring (bicyclic) bond motifs is 3. The van der Waals surface area contributed by atoms with Crippen LogP contribution in [0.3, 0.4) is 0 Å². The van der Waals surface area contributed by atoms with Crippen molar-refractivity contribution in [2.45, 2.75) is 43.9 Å². The van der Waals surface area contributed by atoms with E-state index in [1.54, 1.807) is 14.2 Å². The predicted molar refractivity (Wildman–Crippen MR) is 129 cm³/mol. The summed E-state index contributed by atoms with van der Waals surface area (Å²) in [7, 11) is 3.35. The number of likely N-dealkylation sites (tertiary alicyclic amines) is 1. The van der Waals surface area contributed by atoms with Crippen LogP contribution in [0, 0.1) is 5.92 Å². The van der Waals surface area contributed by atoms with Gasteiger partial charge in [0.25, 0.3) is 0 Å². The number of piperidine rings is 1. The van der Waals surface area contributed by atoms with E-state index in [4.69, 9.17) is 9.47 Å². The van der Waals surface area contributed by atoms with Crippen molar-refractivity contribution < 1.29 is 18.7 Å². The monoisotopic (exact) mass is 467 g/mol. The van der Waals surface area contributed by atoms with E-state index < -0.39 is 6.67 Å². The molecule has 2 aromatic carbocycles. The van der Waals surface area contributed by atoms with Gasteiger partial charge in [-0.25, -0.2) is 0 Å². The molecule has 0 aliphatic carbocycles. The second-order valence-corrected chi connectivity index (χ2v) is 9.71. The first-order valence-electron chi connectivity index (χ1n) is 12.2. The molecule has 182 valence electrons. The lowest BCUT2D eigenvalue weighted by Crippen LogP contribution is -2.61. The Hall–Kier alpha value is -2.64. The van der Waals surface area contributed by atoms with E-state index >= 15 is 0 Å².